The Morgan fingerprint density at radius 1 is 0.731 bits per heavy atom. The summed E-state index contributed by atoms with van der Waals surface area (Å²) in [5.74, 6) is 0.427. The van der Waals surface area contributed by atoms with Crippen LogP contribution in [0.3, 0.4) is 0 Å². The molecule has 1 N–H and O–H groups in total. The van der Waals surface area contributed by atoms with Crippen LogP contribution in [0.1, 0.15) is 88.8 Å². The Labute approximate surface area is 160 Å². The minimum absolute atomic E-state index is 0.192. The molecule has 0 atom stereocenters. The lowest BCUT2D eigenvalue weighted by Crippen LogP contribution is -2.21. The van der Waals surface area contributed by atoms with Gasteiger partial charge in [-0.15, -0.1) is 0 Å². The van der Waals surface area contributed by atoms with Crippen molar-refractivity contribution in [2.75, 3.05) is 0 Å². The fraction of sp³-hybridized carbons (Fsp3) is 0.520. The van der Waals surface area contributed by atoms with Gasteiger partial charge >= 0.3 is 0 Å². The van der Waals surface area contributed by atoms with Crippen LogP contribution in [0.5, 0.6) is 5.75 Å². The molecular formula is C25H36O. The lowest BCUT2D eigenvalue weighted by Gasteiger charge is -2.29. The zero-order chi connectivity index (χ0) is 18.8. The fourth-order valence-electron chi connectivity index (χ4n) is 3.96. The molecule has 0 unspecified atom stereocenters. The number of aromatic hydroxyl groups is 1. The van der Waals surface area contributed by atoms with Crippen molar-refractivity contribution < 1.29 is 5.11 Å². The smallest absolute Gasteiger partial charge is 0.119 e. The number of benzene rings is 2. The number of phenolic OH excluding ortho intramolecular Hbond substituents is 1. The quantitative estimate of drug-likeness (QED) is 0.418. The molecule has 0 aliphatic carbocycles. The van der Waals surface area contributed by atoms with E-state index in [4.69, 9.17) is 0 Å². The van der Waals surface area contributed by atoms with Crippen LogP contribution in [0.4, 0.5) is 0 Å². The number of aryl methyl sites for hydroxylation is 1. The van der Waals surface area contributed by atoms with Gasteiger partial charge in [-0.3, -0.25) is 0 Å². The van der Waals surface area contributed by atoms with Gasteiger partial charge in [0.25, 0.3) is 0 Å². The minimum Gasteiger partial charge on any atom is -0.508 e. The van der Waals surface area contributed by atoms with Crippen LogP contribution >= 0.6 is 0 Å². The molecule has 1 heteroatoms. The van der Waals surface area contributed by atoms with Gasteiger partial charge in [0.1, 0.15) is 5.75 Å². The van der Waals surface area contributed by atoms with E-state index in [-0.39, 0.29) is 5.41 Å². The predicted octanol–water partition coefficient (Wildman–Crippen LogP) is 7.40. The van der Waals surface area contributed by atoms with Crippen molar-refractivity contribution in [3.8, 4) is 5.75 Å². The number of hydrogen-bond acceptors (Lipinski definition) is 1. The molecule has 26 heavy (non-hydrogen) atoms. The maximum Gasteiger partial charge on any atom is 0.119 e. The molecule has 0 aliphatic rings. The van der Waals surface area contributed by atoms with E-state index in [2.05, 4.69) is 51.1 Å². The highest BCUT2D eigenvalue weighted by atomic mass is 16.3. The molecule has 0 bridgehead atoms. The van der Waals surface area contributed by atoms with Crippen LogP contribution in [-0.4, -0.2) is 5.11 Å². The third-order valence-electron chi connectivity index (χ3n) is 5.55. The molecule has 0 saturated carbocycles. The zero-order valence-corrected chi connectivity index (χ0v) is 16.9. The number of phenols is 1. The molecule has 0 radical (unpaired) electrons. The molecule has 2 aromatic carbocycles. The van der Waals surface area contributed by atoms with E-state index in [1.165, 1.54) is 62.5 Å². The third-order valence-corrected chi connectivity index (χ3v) is 5.55. The van der Waals surface area contributed by atoms with E-state index in [0.717, 1.165) is 12.0 Å². The first-order valence-corrected chi connectivity index (χ1v) is 10.4. The molecular weight excluding hydrogens is 316 g/mol. The van der Waals surface area contributed by atoms with Crippen LogP contribution in [0, 0.1) is 0 Å². The fourth-order valence-corrected chi connectivity index (χ4v) is 3.96. The highest BCUT2D eigenvalue weighted by molar-refractivity contribution is 5.49. The SMILES string of the molecule is CCCCCCCCCCc1cccc(O)c1C(C)(C)c1ccccc1. The first-order chi connectivity index (χ1) is 12.6. The van der Waals surface area contributed by atoms with E-state index >= 15 is 0 Å². The molecule has 0 spiro atoms. The number of rotatable bonds is 11. The summed E-state index contributed by atoms with van der Waals surface area (Å²) in [4.78, 5) is 0. The van der Waals surface area contributed by atoms with Crippen LogP contribution in [0.15, 0.2) is 48.5 Å². The topological polar surface area (TPSA) is 20.2 Å². The van der Waals surface area contributed by atoms with Crippen molar-refractivity contribution >= 4 is 0 Å². The van der Waals surface area contributed by atoms with Crippen LogP contribution < -0.4 is 0 Å². The summed E-state index contributed by atoms with van der Waals surface area (Å²) >= 11 is 0. The second-order valence-electron chi connectivity index (χ2n) is 8.03. The summed E-state index contributed by atoms with van der Waals surface area (Å²) in [6.45, 7) is 6.70. The van der Waals surface area contributed by atoms with Crippen molar-refractivity contribution in [2.45, 2.75) is 84.0 Å². The maximum absolute atomic E-state index is 10.6. The zero-order valence-electron chi connectivity index (χ0n) is 16.9. The minimum atomic E-state index is -0.192. The normalized spacial score (nSPS) is 11.7. The second kappa shape index (κ2) is 10.4. The molecule has 142 valence electrons. The summed E-state index contributed by atoms with van der Waals surface area (Å²) in [7, 11) is 0. The average Bonchev–Trinajstić information content (AvgIpc) is 2.64. The molecule has 0 heterocycles. The summed E-state index contributed by atoms with van der Waals surface area (Å²) in [5, 5.41) is 10.6. The Balaban J connectivity index is 1.99. The monoisotopic (exact) mass is 352 g/mol. The average molecular weight is 353 g/mol. The summed E-state index contributed by atoms with van der Waals surface area (Å²) in [5.41, 5.74) is 3.44. The van der Waals surface area contributed by atoms with Crippen molar-refractivity contribution in [1.82, 2.24) is 0 Å². The molecule has 2 aromatic rings. The van der Waals surface area contributed by atoms with Gasteiger partial charge in [0.15, 0.2) is 0 Å². The Bertz CT molecular complexity index is 642. The molecule has 0 amide bonds. The highest BCUT2D eigenvalue weighted by Crippen LogP contribution is 2.39. The van der Waals surface area contributed by atoms with E-state index in [0.29, 0.717) is 5.75 Å². The van der Waals surface area contributed by atoms with Gasteiger partial charge in [-0.25, -0.2) is 0 Å². The summed E-state index contributed by atoms with van der Waals surface area (Å²) in [6, 6.07) is 16.5. The number of unbranched alkanes of at least 4 members (excludes halogenated alkanes) is 7. The highest BCUT2D eigenvalue weighted by Gasteiger charge is 2.28. The second-order valence-corrected chi connectivity index (χ2v) is 8.03. The van der Waals surface area contributed by atoms with Gasteiger partial charge in [0.05, 0.1) is 0 Å². The lowest BCUT2D eigenvalue weighted by molar-refractivity contribution is 0.450. The van der Waals surface area contributed by atoms with Gasteiger partial charge in [-0.05, 0) is 30.0 Å². The van der Waals surface area contributed by atoms with Crippen LogP contribution in [0.25, 0.3) is 0 Å². The first-order valence-electron chi connectivity index (χ1n) is 10.4. The van der Waals surface area contributed by atoms with Gasteiger partial charge < -0.3 is 5.11 Å². The maximum atomic E-state index is 10.6. The molecule has 0 fully saturated rings. The van der Waals surface area contributed by atoms with E-state index < -0.39 is 0 Å². The standard InChI is InChI=1S/C25H36O/c1-4-5-6-7-8-9-10-12-16-21-17-15-20-23(26)24(21)25(2,3)22-18-13-11-14-19-22/h11,13-15,17-20,26H,4-10,12,16H2,1-3H3. The summed E-state index contributed by atoms with van der Waals surface area (Å²) in [6.07, 6.45) is 11.7. The Kier molecular flexibility index (Phi) is 8.22. The first kappa shape index (κ1) is 20.6. The van der Waals surface area contributed by atoms with Gasteiger partial charge in [-0.1, -0.05) is 108 Å². The largest absolute Gasteiger partial charge is 0.508 e. The Hall–Kier alpha value is -1.76. The van der Waals surface area contributed by atoms with Crippen molar-refractivity contribution in [1.29, 1.82) is 0 Å². The molecule has 2 rings (SSSR count). The molecule has 0 aromatic heterocycles. The third kappa shape index (κ3) is 5.62. The Morgan fingerprint density at radius 2 is 1.35 bits per heavy atom. The van der Waals surface area contributed by atoms with Crippen molar-refractivity contribution in [3.05, 3.63) is 65.2 Å². The molecule has 1 nitrogen and oxygen atoms in total. The van der Waals surface area contributed by atoms with Crippen molar-refractivity contribution in [2.24, 2.45) is 0 Å². The summed E-state index contributed by atoms with van der Waals surface area (Å²) < 4.78 is 0. The van der Waals surface area contributed by atoms with Gasteiger partial charge in [0.2, 0.25) is 0 Å². The number of hydrogen-bond donors (Lipinski definition) is 1. The van der Waals surface area contributed by atoms with E-state index in [1.54, 1.807) is 0 Å². The van der Waals surface area contributed by atoms with Gasteiger partial charge in [0, 0.05) is 11.0 Å². The van der Waals surface area contributed by atoms with Crippen LogP contribution in [0.2, 0.25) is 0 Å². The predicted molar refractivity (Wildman–Crippen MR) is 113 cm³/mol. The lowest BCUT2D eigenvalue weighted by atomic mass is 9.75. The van der Waals surface area contributed by atoms with Crippen LogP contribution in [-0.2, 0) is 11.8 Å². The molecule has 0 saturated heterocycles. The van der Waals surface area contributed by atoms with E-state index in [9.17, 15) is 5.11 Å². The van der Waals surface area contributed by atoms with Gasteiger partial charge in [-0.2, -0.15) is 0 Å². The Morgan fingerprint density at radius 3 is 2.00 bits per heavy atom. The van der Waals surface area contributed by atoms with Crippen molar-refractivity contribution in [3.63, 3.8) is 0 Å². The molecule has 0 aliphatic heterocycles. The van der Waals surface area contributed by atoms with E-state index in [1.807, 2.05) is 18.2 Å².